The Morgan fingerprint density at radius 3 is 2.21 bits per heavy atom. The molecular weight excluding hydrogens is 544 g/mol. The number of hydrogen-bond donors (Lipinski definition) is 1. The number of hydrogen-bond acceptors (Lipinski definition) is 12. The van der Waals surface area contributed by atoms with Crippen LogP contribution in [0, 0.1) is 10.1 Å². The predicted molar refractivity (Wildman–Crippen MR) is 135 cm³/mol. The largest absolute Gasteiger partial charge is 0.378 e. The molecule has 0 radical (unpaired) electrons. The van der Waals surface area contributed by atoms with Crippen LogP contribution < -0.4 is 4.72 Å². The molecule has 17 heteroatoms. The molecule has 0 bridgehead atoms. The summed E-state index contributed by atoms with van der Waals surface area (Å²) in [5.41, 5.74) is 0.598. The highest BCUT2D eigenvalue weighted by molar-refractivity contribution is 7.91. The highest BCUT2D eigenvalue weighted by Gasteiger charge is 2.22. The van der Waals surface area contributed by atoms with Crippen molar-refractivity contribution >= 4 is 25.5 Å². The quantitative estimate of drug-likeness (QED) is 0.144. The fraction of sp³-hybridized carbons (Fsp3) is 0.619. The van der Waals surface area contributed by atoms with E-state index in [9.17, 15) is 26.9 Å². The first-order valence-electron chi connectivity index (χ1n) is 11.9. The molecule has 1 fully saturated rings. The molecule has 38 heavy (non-hydrogen) atoms. The van der Waals surface area contributed by atoms with Crippen LogP contribution in [0.15, 0.2) is 35.4 Å². The van der Waals surface area contributed by atoms with Gasteiger partial charge in [-0.25, -0.2) is 26.2 Å². The first-order chi connectivity index (χ1) is 18.1. The maximum atomic E-state index is 12.2. The van der Waals surface area contributed by atoms with Crippen LogP contribution in [-0.4, -0.2) is 112 Å². The van der Waals surface area contributed by atoms with Gasteiger partial charge in [0.05, 0.1) is 73.2 Å². The van der Waals surface area contributed by atoms with Crippen molar-refractivity contribution < 1.29 is 36.0 Å². The predicted octanol–water partition coefficient (Wildman–Crippen LogP) is -0.555. The van der Waals surface area contributed by atoms with Gasteiger partial charge < -0.3 is 14.2 Å². The summed E-state index contributed by atoms with van der Waals surface area (Å²) < 4.78 is 67.6. The minimum Gasteiger partial charge on any atom is -0.378 e. The van der Waals surface area contributed by atoms with Gasteiger partial charge in [0.2, 0.25) is 10.0 Å². The molecule has 15 nitrogen and oxygen atoms in total. The third-order valence-electron chi connectivity index (χ3n) is 5.51. The summed E-state index contributed by atoms with van der Waals surface area (Å²) in [6.07, 6.45) is 1.83. The van der Waals surface area contributed by atoms with E-state index in [1.54, 1.807) is 4.68 Å². The molecule has 2 aromatic rings. The highest BCUT2D eigenvalue weighted by Crippen LogP contribution is 2.15. The maximum Gasteiger partial charge on any atom is 0.269 e. The zero-order valence-electron chi connectivity index (χ0n) is 20.8. The zero-order valence-corrected chi connectivity index (χ0v) is 22.4. The van der Waals surface area contributed by atoms with E-state index in [4.69, 9.17) is 14.2 Å². The van der Waals surface area contributed by atoms with Gasteiger partial charge in [0.25, 0.3) is 5.69 Å². The lowest BCUT2D eigenvalue weighted by atomic mass is 10.3. The Kier molecular flexibility index (Phi) is 11.5. The lowest BCUT2D eigenvalue weighted by Crippen LogP contribution is -2.39. The van der Waals surface area contributed by atoms with E-state index in [2.05, 4.69) is 15.0 Å². The molecule has 0 aliphatic carbocycles. The van der Waals surface area contributed by atoms with Gasteiger partial charge in [-0.1, -0.05) is 5.21 Å². The Morgan fingerprint density at radius 1 is 0.974 bits per heavy atom. The van der Waals surface area contributed by atoms with Crippen molar-refractivity contribution in [1.82, 2.24) is 24.6 Å². The van der Waals surface area contributed by atoms with Gasteiger partial charge in [-0.2, -0.15) is 0 Å². The standard InChI is InChI=1S/C21H32N6O9S2/c28-27(29)20-1-3-21(4-2-20)38(32,33)22-5-9-34-11-13-36-14-12-35-10-6-26-18-19(23-24-26)17-25-7-15-37(30,31)16-8-25/h1-4,18,22H,5-17H2. The number of nitro benzene ring substituents is 1. The number of non-ortho nitro benzene ring substituents is 1. The van der Waals surface area contributed by atoms with Gasteiger partial charge in [0.15, 0.2) is 9.84 Å². The maximum absolute atomic E-state index is 12.2. The van der Waals surface area contributed by atoms with Crippen molar-refractivity contribution in [3.05, 3.63) is 46.3 Å². The minimum atomic E-state index is -3.78. The summed E-state index contributed by atoms with van der Waals surface area (Å²) in [6.45, 7) is 4.09. The molecule has 1 aromatic heterocycles. The SMILES string of the molecule is O=[N+]([O-])c1ccc(S(=O)(=O)NCCOCCOCCOCCn2cc(CN3CCS(=O)(=O)CC3)nn2)cc1. The third-order valence-corrected chi connectivity index (χ3v) is 8.60. The molecule has 3 rings (SSSR count). The molecule has 212 valence electrons. The Labute approximate surface area is 221 Å². The summed E-state index contributed by atoms with van der Waals surface area (Å²) in [6, 6.07) is 4.61. The van der Waals surface area contributed by atoms with E-state index in [1.807, 2.05) is 11.1 Å². The van der Waals surface area contributed by atoms with Gasteiger partial charge in [0, 0.05) is 44.5 Å². The van der Waals surface area contributed by atoms with Crippen LogP contribution in [0.2, 0.25) is 0 Å². The Morgan fingerprint density at radius 2 is 1.58 bits per heavy atom. The molecule has 1 aromatic carbocycles. The fourth-order valence-corrected chi connectivity index (χ4v) is 5.73. The molecule has 0 spiro atoms. The Bertz CT molecular complexity index is 1220. The molecule has 0 unspecified atom stereocenters. The van der Waals surface area contributed by atoms with Crippen LogP contribution in [0.4, 0.5) is 5.69 Å². The molecule has 0 atom stereocenters. The molecular formula is C21H32N6O9S2. The van der Waals surface area contributed by atoms with Crippen molar-refractivity contribution in [3.8, 4) is 0 Å². The van der Waals surface area contributed by atoms with Crippen LogP contribution in [0.1, 0.15) is 5.69 Å². The van der Waals surface area contributed by atoms with E-state index in [1.165, 1.54) is 12.1 Å². The number of aromatic nitrogens is 3. The number of rotatable bonds is 17. The summed E-state index contributed by atoms with van der Waals surface area (Å²) in [7, 11) is -6.68. The lowest BCUT2D eigenvalue weighted by molar-refractivity contribution is -0.384. The number of nitro groups is 1. The first kappa shape index (κ1) is 30.0. The molecule has 1 N–H and O–H groups in total. The second kappa shape index (κ2) is 14.6. The lowest BCUT2D eigenvalue weighted by Gasteiger charge is -2.25. The molecule has 1 aliphatic rings. The molecule has 0 saturated carbocycles. The normalized spacial score (nSPS) is 16.0. The second-order valence-electron chi connectivity index (χ2n) is 8.39. The van der Waals surface area contributed by atoms with Crippen molar-refractivity contribution in [2.24, 2.45) is 0 Å². The monoisotopic (exact) mass is 576 g/mol. The van der Waals surface area contributed by atoms with Crippen LogP contribution in [0.25, 0.3) is 0 Å². The summed E-state index contributed by atoms with van der Waals surface area (Å²) in [5, 5.41) is 18.8. The first-order valence-corrected chi connectivity index (χ1v) is 15.2. The summed E-state index contributed by atoms with van der Waals surface area (Å²) in [4.78, 5) is 12.0. The van der Waals surface area contributed by atoms with E-state index >= 15 is 0 Å². The van der Waals surface area contributed by atoms with Gasteiger partial charge in [0.1, 0.15) is 0 Å². The number of sulfone groups is 1. The highest BCUT2D eigenvalue weighted by atomic mass is 32.2. The average molecular weight is 577 g/mol. The average Bonchev–Trinajstić information content (AvgIpc) is 3.33. The summed E-state index contributed by atoms with van der Waals surface area (Å²) >= 11 is 0. The molecule has 1 saturated heterocycles. The van der Waals surface area contributed by atoms with Gasteiger partial charge in [-0.15, -0.1) is 5.10 Å². The van der Waals surface area contributed by atoms with Crippen LogP contribution in [-0.2, 0) is 47.2 Å². The second-order valence-corrected chi connectivity index (χ2v) is 12.5. The topological polar surface area (TPSA) is 185 Å². The number of nitrogens with one attached hydrogen (secondary N) is 1. The van der Waals surface area contributed by atoms with E-state index in [-0.39, 0.29) is 41.8 Å². The van der Waals surface area contributed by atoms with Crippen molar-refractivity contribution in [2.75, 3.05) is 70.8 Å². The molecule has 0 amide bonds. The van der Waals surface area contributed by atoms with E-state index < -0.39 is 24.8 Å². The molecule has 1 aliphatic heterocycles. The number of benzene rings is 1. The Hall–Kier alpha value is -2.54. The van der Waals surface area contributed by atoms with E-state index in [0.717, 1.165) is 17.8 Å². The smallest absolute Gasteiger partial charge is 0.269 e. The molecule has 2 heterocycles. The van der Waals surface area contributed by atoms with Gasteiger partial charge >= 0.3 is 0 Å². The number of ether oxygens (including phenoxy) is 3. The zero-order chi connectivity index (χ0) is 27.4. The van der Waals surface area contributed by atoms with Crippen LogP contribution in [0.3, 0.4) is 0 Å². The van der Waals surface area contributed by atoms with Gasteiger partial charge in [-0.05, 0) is 12.1 Å². The van der Waals surface area contributed by atoms with Crippen molar-refractivity contribution in [3.63, 3.8) is 0 Å². The van der Waals surface area contributed by atoms with Crippen molar-refractivity contribution in [2.45, 2.75) is 18.0 Å². The van der Waals surface area contributed by atoms with Crippen molar-refractivity contribution in [1.29, 1.82) is 0 Å². The third kappa shape index (κ3) is 10.3. The minimum absolute atomic E-state index is 0.0480. The number of sulfonamides is 1. The van der Waals surface area contributed by atoms with Gasteiger partial charge in [-0.3, -0.25) is 15.0 Å². The fourth-order valence-electron chi connectivity index (χ4n) is 3.44. The van der Waals surface area contributed by atoms with Crippen LogP contribution >= 0.6 is 0 Å². The number of nitrogens with zero attached hydrogens (tertiary/aromatic N) is 5. The Balaban J connectivity index is 1.16. The summed E-state index contributed by atoms with van der Waals surface area (Å²) in [5.74, 6) is 0.355. The van der Waals surface area contributed by atoms with Crippen LogP contribution in [0.5, 0.6) is 0 Å². The van der Waals surface area contributed by atoms with E-state index in [0.29, 0.717) is 52.6 Å².